The van der Waals surface area contributed by atoms with Crippen molar-refractivity contribution in [2.24, 2.45) is 0 Å². The van der Waals surface area contributed by atoms with Gasteiger partial charge in [0.25, 0.3) is 0 Å². The van der Waals surface area contributed by atoms with E-state index in [0.29, 0.717) is 0 Å². The van der Waals surface area contributed by atoms with E-state index in [1.165, 1.54) is 6.08 Å². The van der Waals surface area contributed by atoms with Crippen molar-refractivity contribution in [1.29, 1.82) is 0 Å². The van der Waals surface area contributed by atoms with Crippen LogP contribution in [0.4, 0.5) is 5.69 Å². The van der Waals surface area contributed by atoms with Crippen molar-refractivity contribution in [3.05, 3.63) is 61.4 Å². The summed E-state index contributed by atoms with van der Waals surface area (Å²) in [5.74, 6) is -0.204. The molecule has 2 rings (SSSR count). The molecule has 0 fully saturated rings. The molecular weight excluding hydrogens is 200 g/mol. The maximum atomic E-state index is 11.1. The number of nitrogens with zero attached hydrogens (tertiary/aromatic N) is 1. The molecular formula is C13H12N2O. The van der Waals surface area contributed by atoms with Gasteiger partial charge in [0.15, 0.2) is 0 Å². The van der Waals surface area contributed by atoms with Gasteiger partial charge in [0, 0.05) is 23.8 Å². The smallest absolute Gasteiger partial charge is 0.247 e. The van der Waals surface area contributed by atoms with Gasteiger partial charge in [-0.1, -0.05) is 12.6 Å². The van der Waals surface area contributed by atoms with Gasteiger partial charge in [0.1, 0.15) is 0 Å². The summed E-state index contributed by atoms with van der Waals surface area (Å²) in [6, 6.07) is 11.5. The predicted molar refractivity (Wildman–Crippen MR) is 64.6 cm³/mol. The second-order valence-electron chi connectivity index (χ2n) is 3.33. The summed E-state index contributed by atoms with van der Waals surface area (Å²) < 4.78 is 1.98. The summed E-state index contributed by atoms with van der Waals surface area (Å²) in [5, 5.41) is 2.72. The Morgan fingerprint density at radius 2 is 2.00 bits per heavy atom. The molecule has 1 amide bonds. The van der Waals surface area contributed by atoms with Crippen LogP contribution >= 0.6 is 0 Å². The molecule has 0 saturated heterocycles. The Balaban J connectivity index is 2.26. The molecule has 0 aliphatic carbocycles. The molecule has 0 unspecified atom stereocenters. The Bertz CT molecular complexity index is 500. The summed E-state index contributed by atoms with van der Waals surface area (Å²) in [7, 11) is 0. The maximum absolute atomic E-state index is 11.1. The van der Waals surface area contributed by atoms with Crippen LogP contribution in [0.15, 0.2) is 61.4 Å². The lowest BCUT2D eigenvalue weighted by atomic mass is 10.2. The van der Waals surface area contributed by atoms with Crippen molar-refractivity contribution in [3.8, 4) is 5.69 Å². The highest BCUT2D eigenvalue weighted by atomic mass is 16.1. The van der Waals surface area contributed by atoms with Crippen LogP contribution < -0.4 is 5.32 Å². The van der Waals surface area contributed by atoms with Gasteiger partial charge in [0.05, 0.1) is 0 Å². The largest absolute Gasteiger partial charge is 0.324 e. The number of aromatic nitrogens is 1. The summed E-state index contributed by atoms with van der Waals surface area (Å²) in [4.78, 5) is 11.1. The number of benzene rings is 1. The first-order valence-corrected chi connectivity index (χ1v) is 4.96. The van der Waals surface area contributed by atoms with Crippen LogP contribution in [0.25, 0.3) is 5.69 Å². The molecule has 0 bridgehead atoms. The Morgan fingerprint density at radius 1 is 1.25 bits per heavy atom. The lowest BCUT2D eigenvalue weighted by Gasteiger charge is -2.06. The lowest BCUT2D eigenvalue weighted by Crippen LogP contribution is -2.07. The highest BCUT2D eigenvalue weighted by Crippen LogP contribution is 2.14. The average Bonchev–Trinajstić information content (AvgIpc) is 2.83. The zero-order chi connectivity index (χ0) is 11.4. The highest BCUT2D eigenvalue weighted by Gasteiger charge is 1.99. The van der Waals surface area contributed by atoms with Gasteiger partial charge < -0.3 is 9.88 Å². The van der Waals surface area contributed by atoms with E-state index in [4.69, 9.17) is 0 Å². The van der Waals surface area contributed by atoms with Gasteiger partial charge in [0.2, 0.25) is 5.91 Å². The summed E-state index contributed by atoms with van der Waals surface area (Å²) in [6.07, 6.45) is 5.16. The number of hydrogen-bond acceptors (Lipinski definition) is 1. The third kappa shape index (κ3) is 2.20. The van der Waals surface area contributed by atoms with E-state index in [-0.39, 0.29) is 5.91 Å². The minimum absolute atomic E-state index is 0.204. The van der Waals surface area contributed by atoms with Gasteiger partial charge in [-0.2, -0.15) is 0 Å². The number of amides is 1. The molecule has 1 aromatic carbocycles. The number of nitrogens with one attached hydrogen (secondary N) is 1. The minimum atomic E-state index is -0.204. The Hall–Kier alpha value is -2.29. The highest BCUT2D eigenvalue weighted by molar-refractivity contribution is 5.98. The zero-order valence-electron chi connectivity index (χ0n) is 8.76. The minimum Gasteiger partial charge on any atom is -0.324 e. The SMILES string of the molecule is C=CC(=O)Nc1cccc(-n2cccc2)c1. The van der Waals surface area contributed by atoms with Crippen molar-refractivity contribution in [2.45, 2.75) is 0 Å². The van der Waals surface area contributed by atoms with E-state index in [2.05, 4.69) is 11.9 Å². The van der Waals surface area contributed by atoms with Crippen LogP contribution in [-0.2, 0) is 4.79 Å². The lowest BCUT2D eigenvalue weighted by molar-refractivity contribution is -0.111. The fraction of sp³-hybridized carbons (Fsp3) is 0. The molecule has 0 aliphatic heterocycles. The topological polar surface area (TPSA) is 34.0 Å². The van der Waals surface area contributed by atoms with E-state index in [1.807, 2.05) is 53.4 Å². The Labute approximate surface area is 94.0 Å². The van der Waals surface area contributed by atoms with E-state index in [9.17, 15) is 4.79 Å². The zero-order valence-corrected chi connectivity index (χ0v) is 8.76. The van der Waals surface area contributed by atoms with Crippen LogP contribution in [0.2, 0.25) is 0 Å². The Morgan fingerprint density at radius 3 is 2.69 bits per heavy atom. The van der Waals surface area contributed by atoms with Crippen molar-refractivity contribution in [2.75, 3.05) is 5.32 Å². The second-order valence-corrected chi connectivity index (χ2v) is 3.33. The fourth-order valence-corrected chi connectivity index (χ4v) is 1.44. The van der Waals surface area contributed by atoms with Crippen molar-refractivity contribution >= 4 is 11.6 Å². The van der Waals surface area contributed by atoms with Crippen LogP contribution in [0.1, 0.15) is 0 Å². The number of rotatable bonds is 3. The third-order valence-electron chi connectivity index (χ3n) is 2.20. The summed E-state index contributed by atoms with van der Waals surface area (Å²) >= 11 is 0. The number of anilines is 1. The van der Waals surface area contributed by atoms with Crippen LogP contribution in [0, 0.1) is 0 Å². The molecule has 0 spiro atoms. The van der Waals surface area contributed by atoms with E-state index in [0.717, 1.165) is 11.4 Å². The molecule has 1 heterocycles. The number of carbonyl (C=O) groups excluding carboxylic acids is 1. The average molecular weight is 212 g/mol. The standard InChI is InChI=1S/C13H12N2O/c1-2-13(16)14-11-6-5-7-12(10-11)15-8-3-4-9-15/h2-10H,1H2,(H,14,16). The molecule has 2 aromatic rings. The second kappa shape index (κ2) is 4.49. The number of hydrogen-bond donors (Lipinski definition) is 1. The van der Waals surface area contributed by atoms with E-state index < -0.39 is 0 Å². The first-order chi connectivity index (χ1) is 7.79. The fourth-order valence-electron chi connectivity index (χ4n) is 1.44. The van der Waals surface area contributed by atoms with Crippen molar-refractivity contribution in [1.82, 2.24) is 4.57 Å². The molecule has 3 heteroatoms. The van der Waals surface area contributed by atoms with Gasteiger partial charge in [-0.15, -0.1) is 0 Å². The van der Waals surface area contributed by atoms with Crippen LogP contribution in [0.5, 0.6) is 0 Å². The van der Waals surface area contributed by atoms with Gasteiger partial charge in [-0.25, -0.2) is 0 Å². The molecule has 3 nitrogen and oxygen atoms in total. The maximum Gasteiger partial charge on any atom is 0.247 e. The molecule has 0 radical (unpaired) electrons. The van der Waals surface area contributed by atoms with Gasteiger partial charge >= 0.3 is 0 Å². The monoisotopic (exact) mass is 212 g/mol. The van der Waals surface area contributed by atoms with Gasteiger partial charge in [-0.05, 0) is 36.4 Å². The van der Waals surface area contributed by atoms with E-state index in [1.54, 1.807) is 0 Å². The quantitative estimate of drug-likeness (QED) is 0.779. The Kier molecular flexibility index (Phi) is 2.87. The molecule has 0 saturated carbocycles. The molecule has 0 aliphatic rings. The van der Waals surface area contributed by atoms with E-state index >= 15 is 0 Å². The molecule has 1 N–H and O–H groups in total. The van der Waals surface area contributed by atoms with Crippen LogP contribution in [0.3, 0.4) is 0 Å². The van der Waals surface area contributed by atoms with Crippen molar-refractivity contribution in [3.63, 3.8) is 0 Å². The predicted octanol–water partition coefficient (Wildman–Crippen LogP) is 2.60. The third-order valence-corrected chi connectivity index (χ3v) is 2.20. The number of carbonyl (C=O) groups is 1. The molecule has 16 heavy (non-hydrogen) atoms. The molecule has 80 valence electrons. The molecule has 1 aromatic heterocycles. The molecule has 0 atom stereocenters. The summed E-state index contributed by atoms with van der Waals surface area (Å²) in [5.41, 5.74) is 1.77. The normalized spacial score (nSPS) is 9.75. The first kappa shape index (κ1) is 10.2. The van der Waals surface area contributed by atoms with Crippen LogP contribution in [-0.4, -0.2) is 10.5 Å². The van der Waals surface area contributed by atoms with Crippen molar-refractivity contribution < 1.29 is 4.79 Å². The summed E-state index contributed by atoms with van der Waals surface area (Å²) in [6.45, 7) is 3.41. The van der Waals surface area contributed by atoms with Gasteiger partial charge in [-0.3, -0.25) is 4.79 Å². The first-order valence-electron chi connectivity index (χ1n) is 4.96.